The molecule has 0 radical (unpaired) electrons. The Hall–Kier alpha value is -0.340. The minimum atomic E-state index is 0. The van der Waals surface area contributed by atoms with Gasteiger partial charge in [-0.1, -0.05) is 51.9 Å². The molecular weight excluding hydrogens is 246 g/mol. The van der Waals surface area contributed by atoms with Crippen molar-refractivity contribution in [2.75, 3.05) is 19.6 Å². The molecule has 0 spiro atoms. The van der Waals surface area contributed by atoms with Crippen LogP contribution in [0.1, 0.15) is 85.5 Å². The Balaban J connectivity index is 0. The van der Waals surface area contributed by atoms with Crippen molar-refractivity contribution in [3.63, 3.8) is 0 Å². The minimum Gasteiger partial charge on any atom is -0.870 e. The molecule has 0 rings (SSSR count). The molecule has 0 aliphatic heterocycles. The summed E-state index contributed by atoms with van der Waals surface area (Å²) in [5.41, 5.74) is 0. The zero-order valence-electron chi connectivity index (χ0n) is 14.5. The second-order valence-corrected chi connectivity index (χ2v) is 5.82. The summed E-state index contributed by atoms with van der Waals surface area (Å²) in [6, 6.07) is 0. The molecule has 2 heteroatoms. The Labute approximate surface area is 128 Å². The summed E-state index contributed by atoms with van der Waals surface area (Å²) in [7, 11) is 0. The molecule has 0 bridgehead atoms. The van der Waals surface area contributed by atoms with E-state index in [1.54, 1.807) is 0 Å². The van der Waals surface area contributed by atoms with Crippen LogP contribution in [-0.2, 0) is 0 Å². The number of rotatable bonds is 13. The predicted octanol–water partition coefficient (Wildman–Crippen LogP) is 5.73. The second kappa shape index (κ2) is 15.1. The standard InChI is InChI=1S/C18H38N.H2O/c1-5-9-10-11-12-13-14-15-16-17-18-19(6-2,7-3)8-4;/h17-18H,5-16H2,1-4H3;1H2/q+1;/p-1/b18-17+;. The largest absolute Gasteiger partial charge is 0.870 e. The van der Waals surface area contributed by atoms with Crippen molar-refractivity contribution in [2.45, 2.75) is 85.5 Å². The smallest absolute Gasteiger partial charge is 0.0917 e. The highest BCUT2D eigenvalue weighted by Gasteiger charge is 2.15. The van der Waals surface area contributed by atoms with Crippen molar-refractivity contribution in [2.24, 2.45) is 0 Å². The van der Waals surface area contributed by atoms with Crippen LogP contribution in [0.4, 0.5) is 0 Å². The second-order valence-electron chi connectivity index (χ2n) is 5.82. The van der Waals surface area contributed by atoms with E-state index >= 15 is 0 Å². The summed E-state index contributed by atoms with van der Waals surface area (Å²) in [4.78, 5) is 0. The monoisotopic (exact) mass is 285 g/mol. The first-order valence-corrected chi connectivity index (χ1v) is 8.78. The van der Waals surface area contributed by atoms with Crippen molar-refractivity contribution in [1.29, 1.82) is 0 Å². The molecule has 0 aromatic carbocycles. The van der Waals surface area contributed by atoms with Gasteiger partial charge in [-0.2, -0.15) is 0 Å². The van der Waals surface area contributed by atoms with E-state index in [4.69, 9.17) is 0 Å². The summed E-state index contributed by atoms with van der Waals surface area (Å²) < 4.78 is 1.15. The third kappa shape index (κ3) is 10.4. The fourth-order valence-corrected chi connectivity index (χ4v) is 2.68. The first kappa shape index (κ1) is 21.9. The molecular formula is C18H39NO. The van der Waals surface area contributed by atoms with Crippen LogP contribution < -0.4 is 0 Å². The SMILES string of the molecule is CCCCCCCCCC/C=C/[N+](CC)(CC)CC.[OH-]. The maximum Gasteiger partial charge on any atom is 0.0917 e. The highest BCUT2D eigenvalue weighted by Crippen LogP contribution is 2.11. The molecule has 0 saturated heterocycles. The molecule has 0 saturated carbocycles. The van der Waals surface area contributed by atoms with E-state index in [-0.39, 0.29) is 5.48 Å². The van der Waals surface area contributed by atoms with Crippen molar-refractivity contribution in [3.05, 3.63) is 12.3 Å². The van der Waals surface area contributed by atoms with Gasteiger partial charge in [-0.3, -0.25) is 4.48 Å². The Morgan fingerprint density at radius 1 is 0.650 bits per heavy atom. The van der Waals surface area contributed by atoms with Crippen molar-refractivity contribution in [1.82, 2.24) is 0 Å². The van der Waals surface area contributed by atoms with E-state index in [1.807, 2.05) is 0 Å². The average molecular weight is 286 g/mol. The lowest BCUT2D eigenvalue weighted by Gasteiger charge is -2.31. The van der Waals surface area contributed by atoms with Crippen LogP contribution in [0, 0.1) is 0 Å². The van der Waals surface area contributed by atoms with E-state index in [1.165, 1.54) is 77.4 Å². The van der Waals surface area contributed by atoms with E-state index in [0.29, 0.717) is 0 Å². The lowest BCUT2D eigenvalue weighted by Crippen LogP contribution is -2.41. The third-order valence-electron chi connectivity index (χ3n) is 4.54. The molecule has 0 aromatic heterocycles. The van der Waals surface area contributed by atoms with E-state index in [2.05, 4.69) is 40.0 Å². The molecule has 0 aromatic rings. The maximum atomic E-state index is 2.45. The Morgan fingerprint density at radius 2 is 1.10 bits per heavy atom. The van der Waals surface area contributed by atoms with Crippen LogP contribution in [0.15, 0.2) is 12.3 Å². The van der Waals surface area contributed by atoms with E-state index < -0.39 is 0 Å². The summed E-state index contributed by atoms with van der Waals surface area (Å²) >= 11 is 0. The maximum absolute atomic E-state index is 2.45. The van der Waals surface area contributed by atoms with Crippen LogP contribution >= 0.6 is 0 Å². The Kier molecular flexibility index (Phi) is 16.5. The van der Waals surface area contributed by atoms with E-state index in [9.17, 15) is 0 Å². The number of nitrogens with zero attached hydrogens (tertiary/aromatic N) is 1. The average Bonchev–Trinajstić information content (AvgIpc) is 2.46. The van der Waals surface area contributed by atoms with Gasteiger partial charge in [0.15, 0.2) is 0 Å². The van der Waals surface area contributed by atoms with Crippen LogP contribution in [0.5, 0.6) is 0 Å². The Bertz CT molecular complexity index is 201. The molecule has 0 fully saturated rings. The van der Waals surface area contributed by atoms with Gasteiger partial charge in [0.05, 0.1) is 25.8 Å². The van der Waals surface area contributed by atoms with Gasteiger partial charge in [0.25, 0.3) is 0 Å². The number of hydrogen-bond donors (Lipinski definition) is 0. The molecule has 0 aliphatic rings. The zero-order valence-corrected chi connectivity index (χ0v) is 14.5. The molecule has 1 N–H and O–H groups in total. The number of quaternary nitrogens is 1. The normalized spacial score (nSPS) is 11.8. The summed E-state index contributed by atoms with van der Waals surface area (Å²) in [6.45, 7) is 12.9. The molecule has 122 valence electrons. The fraction of sp³-hybridized carbons (Fsp3) is 0.889. The van der Waals surface area contributed by atoms with Crippen LogP contribution in [-0.4, -0.2) is 29.6 Å². The quantitative estimate of drug-likeness (QED) is 0.314. The molecule has 0 amide bonds. The predicted molar refractivity (Wildman–Crippen MR) is 90.2 cm³/mol. The number of unbranched alkanes of at least 4 members (excludes halogenated alkanes) is 8. The molecule has 0 atom stereocenters. The zero-order chi connectivity index (χ0) is 14.4. The lowest BCUT2D eigenvalue weighted by molar-refractivity contribution is -0.874. The molecule has 0 heterocycles. The highest BCUT2D eigenvalue weighted by molar-refractivity contribution is 4.74. The van der Waals surface area contributed by atoms with Crippen molar-refractivity contribution < 1.29 is 9.96 Å². The van der Waals surface area contributed by atoms with Gasteiger partial charge in [0.1, 0.15) is 0 Å². The van der Waals surface area contributed by atoms with Gasteiger partial charge in [0.2, 0.25) is 0 Å². The minimum absolute atomic E-state index is 0. The topological polar surface area (TPSA) is 30.0 Å². The van der Waals surface area contributed by atoms with Crippen LogP contribution in [0.2, 0.25) is 0 Å². The summed E-state index contributed by atoms with van der Waals surface area (Å²) in [5.74, 6) is 0. The van der Waals surface area contributed by atoms with Crippen molar-refractivity contribution in [3.8, 4) is 0 Å². The summed E-state index contributed by atoms with van der Waals surface area (Å²) in [6.07, 6.45) is 17.5. The molecule has 0 unspecified atom stereocenters. The molecule has 20 heavy (non-hydrogen) atoms. The van der Waals surface area contributed by atoms with Gasteiger partial charge >= 0.3 is 0 Å². The van der Waals surface area contributed by atoms with Crippen molar-refractivity contribution >= 4 is 0 Å². The molecule has 0 aliphatic carbocycles. The Morgan fingerprint density at radius 3 is 1.55 bits per heavy atom. The van der Waals surface area contributed by atoms with E-state index in [0.717, 1.165) is 4.48 Å². The van der Waals surface area contributed by atoms with Gasteiger partial charge < -0.3 is 5.48 Å². The summed E-state index contributed by atoms with van der Waals surface area (Å²) in [5, 5.41) is 0. The molecule has 2 nitrogen and oxygen atoms in total. The number of allylic oxidation sites excluding steroid dienone is 1. The first-order valence-electron chi connectivity index (χ1n) is 8.78. The van der Waals surface area contributed by atoms with Gasteiger partial charge in [0, 0.05) is 0 Å². The highest BCUT2D eigenvalue weighted by atomic mass is 16.0. The van der Waals surface area contributed by atoms with Gasteiger partial charge in [-0.25, -0.2) is 0 Å². The third-order valence-corrected chi connectivity index (χ3v) is 4.54. The lowest BCUT2D eigenvalue weighted by atomic mass is 10.1. The van der Waals surface area contributed by atoms with Crippen LogP contribution in [0.25, 0.3) is 0 Å². The van der Waals surface area contributed by atoms with Crippen LogP contribution in [0.3, 0.4) is 0 Å². The fourth-order valence-electron chi connectivity index (χ4n) is 2.68. The number of hydrogen-bond acceptors (Lipinski definition) is 1. The first-order chi connectivity index (χ1) is 9.24. The van der Waals surface area contributed by atoms with Gasteiger partial charge in [-0.05, 0) is 39.7 Å². The van der Waals surface area contributed by atoms with Gasteiger partial charge in [-0.15, -0.1) is 0 Å².